The van der Waals surface area contributed by atoms with Crippen molar-refractivity contribution in [1.29, 1.82) is 0 Å². The van der Waals surface area contributed by atoms with Gasteiger partial charge in [-0.1, -0.05) is 18.2 Å². The molecule has 2 saturated heterocycles. The van der Waals surface area contributed by atoms with Gasteiger partial charge in [-0.05, 0) is 125 Å². The van der Waals surface area contributed by atoms with Crippen molar-refractivity contribution >= 4 is 16.9 Å². The summed E-state index contributed by atoms with van der Waals surface area (Å²) in [4.78, 5) is 11.8. The van der Waals surface area contributed by atoms with Gasteiger partial charge in [0.05, 0.1) is 11.4 Å². The van der Waals surface area contributed by atoms with Gasteiger partial charge in [0, 0.05) is 11.6 Å². The van der Waals surface area contributed by atoms with Crippen molar-refractivity contribution in [2.45, 2.75) is 63.5 Å². The average Bonchev–Trinajstić information content (AvgIpc) is 3.37. The number of piperidine rings is 2. The Morgan fingerprint density at radius 3 is 2.17 bits per heavy atom. The van der Waals surface area contributed by atoms with E-state index in [1.54, 1.807) is 6.33 Å². The second-order valence-corrected chi connectivity index (χ2v) is 13.1. The number of aromatic nitrogens is 4. The molecule has 41 heavy (non-hydrogen) atoms. The molecule has 4 heterocycles. The van der Waals surface area contributed by atoms with E-state index in [0.717, 1.165) is 39.8 Å². The highest BCUT2D eigenvalue weighted by molar-refractivity contribution is 5.98. The summed E-state index contributed by atoms with van der Waals surface area (Å²) in [6.45, 7) is 4.93. The number of rotatable bonds is 5. The molecule has 3 N–H and O–H groups in total. The first-order valence-corrected chi connectivity index (χ1v) is 15.4. The van der Waals surface area contributed by atoms with Gasteiger partial charge >= 0.3 is 0 Å². The molecule has 2 aliphatic carbocycles. The fourth-order valence-electron chi connectivity index (χ4n) is 8.21. The fraction of sp³-hybridized carbons (Fsp3) is 0.485. The van der Waals surface area contributed by atoms with Gasteiger partial charge in [0.15, 0.2) is 5.65 Å². The Balaban J connectivity index is 0.960. The molecular formula is C33H39N7O. The van der Waals surface area contributed by atoms with Crippen LogP contribution in [-0.2, 0) is 0 Å². The van der Waals surface area contributed by atoms with Crippen LogP contribution in [0.4, 0.5) is 5.82 Å². The number of ether oxygens (including phenoxy) is 1. The summed E-state index contributed by atoms with van der Waals surface area (Å²) in [6.07, 6.45) is 12.1. The molecule has 2 aromatic carbocycles. The molecule has 0 atom stereocenters. The lowest BCUT2D eigenvalue weighted by Crippen LogP contribution is -2.58. The lowest BCUT2D eigenvalue weighted by molar-refractivity contribution is -0.0700. The summed E-state index contributed by atoms with van der Waals surface area (Å²) in [5.41, 5.74) is 10.2. The third-order valence-corrected chi connectivity index (χ3v) is 10.7. The van der Waals surface area contributed by atoms with Gasteiger partial charge < -0.3 is 20.7 Å². The van der Waals surface area contributed by atoms with Crippen LogP contribution in [0, 0.1) is 10.8 Å². The molecule has 2 saturated carbocycles. The van der Waals surface area contributed by atoms with Crippen LogP contribution in [0.15, 0.2) is 60.9 Å². The van der Waals surface area contributed by atoms with Crippen LogP contribution in [0.5, 0.6) is 11.5 Å². The first kappa shape index (κ1) is 25.2. The number of hydrogen-bond acceptors (Lipinski definition) is 7. The Morgan fingerprint density at radius 1 is 0.780 bits per heavy atom. The highest BCUT2D eigenvalue weighted by Crippen LogP contribution is 2.57. The average molecular weight is 550 g/mol. The minimum absolute atomic E-state index is 0.356. The summed E-state index contributed by atoms with van der Waals surface area (Å²) in [7, 11) is 0. The second kappa shape index (κ2) is 9.81. The van der Waals surface area contributed by atoms with Crippen molar-refractivity contribution in [3.63, 3.8) is 0 Å². The van der Waals surface area contributed by atoms with E-state index in [1.165, 1.54) is 77.5 Å². The Bertz CT molecular complexity index is 1520. The maximum Gasteiger partial charge on any atom is 0.164 e. The molecule has 4 aromatic rings. The predicted molar refractivity (Wildman–Crippen MR) is 161 cm³/mol. The number of likely N-dealkylation sites (tertiary alicyclic amines) is 1. The predicted octanol–water partition coefficient (Wildman–Crippen LogP) is 5.82. The standard InChI is InChI=1S/C33H39N7O/c34-30-28-29(23-6-8-27(9-7-23)41-26-4-2-1-3-5-26)38-40(31(28)37-22-36-30)25-20-33(21-25)12-16-39(17-13-33)24-18-32(19-24)10-14-35-15-11-32/h1-9,22,24-25,35H,10-21H2,(H2,34,36,37). The minimum Gasteiger partial charge on any atom is -0.457 e. The highest BCUT2D eigenvalue weighted by Gasteiger charge is 2.51. The zero-order chi connectivity index (χ0) is 27.4. The Hall–Kier alpha value is -3.49. The maximum absolute atomic E-state index is 6.41. The molecule has 4 aliphatic rings. The SMILES string of the molecule is Nc1ncnc2c1c(-c1ccc(Oc3ccccc3)cc1)nn2C1CC2(CCN(C3CC4(CCNCC4)C3)CC2)C1. The normalized spacial score (nSPS) is 23.9. The van der Waals surface area contributed by atoms with Gasteiger partial charge in [-0.15, -0.1) is 0 Å². The van der Waals surface area contributed by atoms with Crippen LogP contribution in [0.25, 0.3) is 22.3 Å². The van der Waals surface area contributed by atoms with Crippen molar-refractivity contribution < 1.29 is 4.74 Å². The van der Waals surface area contributed by atoms with Gasteiger partial charge in [0.2, 0.25) is 0 Å². The Labute approximate surface area is 241 Å². The Kier molecular flexibility index (Phi) is 6.04. The van der Waals surface area contributed by atoms with Crippen LogP contribution in [0.2, 0.25) is 0 Å². The van der Waals surface area contributed by atoms with E-state index in [-0.39, 0.29) is 0 Å². The summed E-state index contributed by atoms with van der Waals surface area (Å²) >= 11 is 0. The van der Waals surface area contributed by atoms with Crippen molar-refractivity contribution in [3.05, 3.63) is 60.9 Å². The number of anilines is 1. The van der Waals surface area contributed by atoms with Gasteiger partial charge in [0.1, 0.15) is 29.3 Å². The summed E-state index contributed by atoms with van der Waals surface area (Å²) in [5, 5.41) is 9.51. The number of benzene rings is 2. The zero-order valence-electron chi connectivity index (χ0n) is 23.6. The van der Waals surface area contributed by atoms with E-state index >= 15 is 0 Å². The van der Waals surface area contributed by atoms with Crippen molar-refractivity contribution in [2.75, 3.05) is 31.9 Å². The van der Waals surface area contributed by atoms with Crippen molar-refractivity contribution in [2.24, 2.45) is 10.8 Å². The topological polar surface area (TPSA) is 94.1 Å². The van der Waals surface area contributed by atoms with Crippen LogP contribution in [0.1, 0.15) is 57.4 Å². The number of nitrogens with zero attached hydrogens (tertiary/aromatic N) is 5. The third-order valence-electron chi connectivity index (χ3n) is 10.7. The van der Waals surface area contributed by atoms with E-state index in [0.29, 0.717) is 22.7 Å². The number of para-hydroxylation sites is 1. The number of fused-ring (bicyclic) bond motifs is 1. The molecule has 0 unspecified atom stereocenters. The largest absolute Gasteiger partial charge is 0.457 e. The zero-order valence-corrected chi connectivity index (χ0v) is 23.6. The Morgan fingerprint density at radius 2 is 1.44 bits per heavy atom. The van der Waals surface area contributed by atoms with E-state index in [4.69, 9.17) is 15.6 Å². The van der Waals surface area contributed by atoms with Gasteiger partial charge in [-0.25, -0.2) is 14.6 Å². The van der Waals surface area contributed by atoms with Gasteiger partial charge in [-0.3, -0.25) is 0 Å². The van der Waals surface area contributed by atoms with Crippen molar-refractivity contribution in [3.8, 4) is 22.8 Å². The quantitative estimate of drug-likeness (QED) is 0.324. The van der Waals surface area contributed by atoms with Crippen LogP contribution in [-0.4, -0.2) is 56.9 Å². The molecule has 212 valence electrons. The molecule has 2 spiro atoms. The third kappa shape index (κ3) is 4.48. The van der Waals surface area contributed by atoms with E-state index in [2.05, 4.69) is 24.9 Å². The van der Waals surface area contributed by atoms with Crippen LogP contribution >= 0.6 is 0 Å². The molecule has 0 bridgehead atoms. The lowest BCUT2D eigenvalue weighted by Gasteiger charge is -2.58. The number of nitrogens with two attached hydrogens (primary N) is 1. The monoisotopic (exact) mass is 549 g/mol. The number of nitrogens with one attached hydrogen (secondary N) is 1. The van der Waals surface area contributed by atoms with Crippen molar-refractivity contribution in [1.82, 2.24) is 30.0 Å². The molecule has 0 radical (unpaired) electrons. The fourth-order valence-corrected chi connectivity index (χ4v) is 8.21. The van der Waals surface area contributed by atoms with Gasteiger partial charge in [0.25, 0.3) is 0 Å². The highest BCUT2D eigenvalue weighted by atomic mass is 16.5. The minimum atomic E-state index is 0.356. The lowest BCUT2D eigenvalue weighted by atomic mass is 9.58. The first-order chi connectivity index (χ1) is 20.1. The van der Waals surface area contributed by atoms with E-state index < -0.39 is 0 Å². The molecule has 2 aliphatic heterocycles. The molecule has 8 rings (SSSR count). The molecular weight excluding hydrogens is 510 g/mol. The first-order valence-electron chi connectivity index (χ1n) is 15.4. The molecule has 4 fully saturated rings. The molecule has 8 nitrogen and oxygen atoms in total. The smallest absolute Gasteiger partial charge is 0.164 e. The number of hydrogen-bond donors (Lipinski definition) is 2. The number of nitrogen functional groups attached to an aromatic ring is 1. The second-order valence-electron chi connectivity index (χ2n) is 13.1. The van der Waals surface area contributed by atoms with E-state index in [9.17, 15) is 0 Å². The molecule has 0 amide bonds. The molecule has 2 aromatic heterocycles. The van der Waals surface area contributed by atoms with Gasteiger partial charge in [-0.2, -0.15) is 5.10 Å². The summed E-state index contributed by atoms with van der Waals surface area (Å²) in [5.74, 6) is 2.08. The van der Waals surface area contributed by atoms with Crippen LogP contribution < -0.4 is 15.8 Å². The molecule has 8 heteroatoms. The van der Waals surface area contributed by atoms with Crippen LogP contribution in [0.3, 0.4) is 0 Å². The van der Waals surface area contributed by atoms with E-state index in [1.807, 2.05) is 54.6 Å². The summed E-state index contributed by atoms with van der Waals surface area (Å²) < 4.78 is 8.14. The maximum atomic E-state index is 6.41. The summed E-state index contributed by atoms with van der Waals surface area (Å²) in [6, 6.07) is 19.1.